The van der Waals surface area contributed by atoms with E-state index >= 15 is 0 Å². The molecule has 0 aromatic heterocycles. The van der Waals surface area contributed by atoms with Crippen molar-refractivity contribution in [2.45, 2.75) is 43.6 Å². The summed E-state index contributed by atoms with van der Waals surface area (Å²) in [5, 5.41) is 2.17. The monoisotopic (exact) mass is 316 g/mol. The van der Waals surface area contributed by atoms with Gasteiger partial charge in [0, 0.05) is 18.8 Å². The van der Waals surface area contributed by atoms with Crippen LogP contribution < -0.4 is 0 Å². The predicted octanol–water partition coefficient (Wildman–Crippen LogP) is 4.50. The van der Waals surface area contributed by atoms with E-state index in [0.717, 1.165) is 16.3 Å². The van der Waals surface area contributed by atoms with Crippen LogP contribution in [0.25, 0.3) is 10.8 Å². The quantitative estimate of drug-likeness (QED) is 0.762. The molecule has 1 heterocycles. The van der Waals surface area contributed by atoms with Crippen molar-refractivity contribution in [1.82, 2.24) is 0 Å². The molecule has 4 heteroatoms. The zero-order chi connectivity index (χ0) is 16.1. The lowest BCUT2D eigenvalue weighted by molar-refractivity contribution is -0.194. The number of carbonyl (C=O) groups is 1. The van der Waals surface area contributed by atoms with Gasteiger partial charge < -0.3 is 4.74 Å². The first kappa shape index (κ1) is 14.6. The number of benzene rings is 2. The summed E-state index contributed by atoms with van der Waals surface area (Å²) in [5.74, 6) is -4.21. The smallest absolute Gasteiger partial charge is 0.306 e. The Hall–Kier alpha value is -1.97. The number of carbonyl (C=O) groups excluding carboxylic acids is 1. The Morgan fingerprint density at radius 1 is 1.09 bits per heavy atom. The maximum Gasteiger partial charge on any atom is 0.306 e. The first-order chi connectivity index (χ1) is 11.0. The number of fused-ring (bicyclic) bond motifs is 1. The van der Waals surface area contributed by atoms with Gasteiger partial charge in [-0.05, 0) is 35.6 Å². The molecule has 1 aliphatic carbocycles. The molecule has 2 aromatic rings. The number of ether oxygens (including phenoxy) is 1. The van der Waals surface area contributed by atoms with Crippen molar-refractivity contribution in [2.75, 3.05) is 0 Å². The summed E-state index contributed by atoms with van der Waals surface area (Å²) in [5.41, 5.74) is -0.638. The van der Waals surface area contributed by atoms with Crippen molar-refractivity contribution < 1.29 is 18.3 Å². The lowest BCUT2D eigenvalue weighted by atomic mass is 9.88. The van der Waals surface area contributed by atoms with Crippen LogP contribution in [0.15, 0.2) is 42.5 Å². The fourth-order valence-electron chi connectivity index (χ4n) is 4.04. The lowest BCUT2D eigenvalue weighted by Crippen LogP contribution is -2.46. The molecule has 23 heavy (non-hydrogen) atoms. The molecular weight excluding hydrogens is 298 g/mol. The molecule has 0 amide bonds. The van der Waals surface area contributed by atoms with E-state index in [1.54, 1.807) is 0 Å². The van der Waals surface area contributed by atoms with Crippen LogP contribution in [-0.2, 0) is 16.0 Å². The SMILES string of the molecule is O=C1CCC2(CCC(Cc3ccc4ccccc4c3)C2(F)F)O1. The van der Waals surface area contributed by atoms with Crippen LogP contribution in [0, 0.1) is 5.92 Å². The largest absolute Gasteiger partial charge is 0.453 e. The van der Waals surface area contributed by atoms with Gasteiger partial charge in [-0.3, -0.25) is 4.79 Å². The highest BCUT2D eigenvalue weighted by Crippen LogP contribution is 2.55. The van der Waals surface area contributed by atoms with Crippen LogP contribution >= 0.6 is 0 Å². The van der Waals surface area contributed by atoms with Crippen molar-refractivity contribution in [2.24, 2.45) is 5.92 Å². The highest BCUT2D eigenvalue weighted by Gasteiger charge is 2.66. The van der Waals surface area contributed by atoms with Gasteiger partial charge in [-0.2, -0.15) is 0 Å². The van der Waals surface area contributed by atoms with Crippen LogP contribution in [0.1, 0.15) is 31.2 Å². The summed E-state index contributed by atoms with van der Waals surface area (Å²) in [6.45, 7) is 0. The molecule has 2 nitrogen and oxygen atoms in total. The lowest BCUT2D eigenvalue weighted by Gasteiger charge is -2.32. The molecule has 2 aliphatic rings. The number of esters is 1. The van der Waals surface area contributed by atoms with E-state index in [1.165, 1.54) is 0 Å². The van der Waals surface area contributed by atoms with Crippen LogP contribution in [0.4, 0.5) is 8.78 Å². The summed E-state index contributed by atoms with van der Waals surface area (Å²) < 4.78 is 34.8. The second kappa shape index (κ2) is 5.02. The predicted molar refractivity (Wildman–Crippen MR) is 83.4 cm³/mol. The van der Waals surface area contributed by atoms with Crippen molar-refractivity contribution in [3.05, 3.63) is 48.0 Å². The third-order valence-electron chi connectivity index (χ3n) is 5.35. The second-order valence-electron chi connectivity index (χ2n) is 6.71. The van der Waals surface area contributed by atoms with Gasteiger partial charge in [0.15, 0.2) is 5.60 Å². The molecule has 2 atom stereocenters. The molecule has 0 radical (unpaired) electrons. The Morgan fingerprint density at radius 2 is 1.87 bits per heavy atom. The van der Waals surface area contributed by atoms with Crippen molar-refractivity contribution in [1.29, 1.82) is 0 Å². The molecule has 120 valence electrons. The summed E-state index contributed by atoms with van der Waals surface area (Å²) in [7, 11) is 0. The molecule has 2 unspecified atom stereocenters. The van der Waals surface area contributed by atoms with Gasteiger partial charge in [-0.1, -0.05) is 42.5 Å². The average Bonchev–Trinajstić information content (AvgIpc) is 3.03. The van der Waals surface area contributed by atoms with Crippen molar-refractivity contribution in [3.63, 3.8) is 0 Å². The maximum atomic E-state index is 14.9. The van der Waals surface area contributed by atoms with Gasteiger partial charge >= 0.3 is 5.97 Å². The topological polar surface area (TPSA) is 26.3 Å². The molecule has 4 rings (SSSR count). The van der Waals surface area contributed by atoms with Gasteiger partial charge in [0.05, 0.1) is 0 Å². The Balaban J connectivity index is 1.60. The zero-order valence-electron chi connectivity index (χ0n) is 12.7. The van der Waals surface area contributed by atoms with Crippen molar-refractivity contribution in [3.8, 4) is 0 Å². The minimum Gasteiger partial charge on any atom is -0.453 e. The molecule has 0 N–H and O–H groups in total. The van der Waals surface area contributed by atoms with Crippen molar-refractivity contribution >= 4 is 16.7 Å². The summed E-state index contributed by atoms with van der Waals surface area (Å²) >= 11 is 0. The number of halogens is 2. The van der Waals surface area contributed by atoms with E-state index in [0.29, 0.717) is 12.8 Å². The zero-order valence-corrected chi connectivity index (χ0v) is 12.7. The Bertz CT molecular complexity index is 771. The van der Waals surface area contributed by atoms with Gasteiger partial charge in [0.1, 0.15) is 0 Å². The minimum absolute atomic E-state index is 0.109. The normalized spacial score (nSPS) is 29.3. The van der Waals surface area contributed by atoms with E-state index in [-0.39, 0.29) is 19.3 Å². The van der Waals surface area contributed by atoms with E-state index in [4.69, 9.17) is 4.74 Å². The van der Waals surface area contributed by atoms with Gasteiger partial charge in [0.2, 0.25) is 0 Å². The summed E-state index contributed by atoms with van der Waals surface area (Å²) in [6.07, 6.45) is 1.24. The van der Waals surface area contributed by atoms with Crippen LogP contribution in [0.3, 0.4) is 0 Å². The highest BCUT2D eigenvalue weighted by atomic mass is 19.3. The minimum atomic E-state index is -2.95. The number of alkyl halides is 2. The highest BCUT2D eigenvalue weighted by molar-refractivity contribution is 5.83. The molecule has 2 fully saturated rings. The molecule has 1 aliphatic heterocycles. The van der Waals surface area contributed by atoms with E-state index in [1.807, 2.05) is 42.5 Å². The summed E-state index contributed by atoms with van der Waals surface area (Å²) in [4.78, 5) is 11.3. The number of hydrogen-bond acceptors (Lipinski definition) is 2. The second-order valence-corrected chi connectivity index (χ2v) is 6.71. The third kappa shape index (κ3) is 2.23. The third-order valence-corrected chi connectivity index (χ3v) is 5.35. The number of hydrogen-bond donors (Lipinski definition) is 0. The average molecular weight is 316 g/mol. The van der Waals surface area contributed by atoms with Crippen LogP contribution in [0.2, 0.25) is 0 Å². The van der Waals surface area contributed by atoms with E-state index in [2.05, 4.69) is 0 Å². The van der Waals surface area contributed by atoms with Crippen LogP contribution in [-0.4, -0.2) is 17.5 Å². The van der Waals surface area contributed by atoms with Gasteiger partial charge in [-0.15, -0.1) is 0 Å². The fourth-order valence-corrected chi connectivity index (χ4v) is 4.04. The molecule has 1 saturated heterocycles. The first-order valence-corrected chi connectivity index (χ1v) is 8.08. The van der Waals surface area contributed by atoms with E-state index in [9.17, 15) is 13.6 Å². The maximum absolute atomic E-state index is 14.9. The Morgan fingerprint density at radius 3 is 2.61 bits per heavy atom. The Labute approximate surface area is 133 Å². The Kier molecular flexibility index (Phi) is 3.19. The molecule has 2 aromatic carbocycles. The van der Waals surface area contributed by atoms with Gasteiger partial charge in [-0.25, -0.2) is 8.78 Å². The number of rotatable bonds is 2. The molecular formula is C19H18F2O2. The summed E-state index contributed by atoms with van der Waals surface area (Å²) in [6, 6.07) is 13.8. The van der Waals surface area contributed by atoms with Crippen LogP contribution in [0.5, 0.6) is 0 Å². The molecule has 1 saturated carbocycles. The van der Waals surface area contributed by atoms with Gasteiger partial charge in [0.25, 0.3) is 5.92 Å². The fraction of sp³-hybridized carbons (Fsp3) is 0.421. The standard InChI is InChI=1S/C19H18F2O2/c20-19(21)16(7-9-18(19)10-8-17(22)23-18)12-13-5-6-14-3-1-2-4-15(14)11-13/h1-6,11,16H,7-10,12H2. The van der Waals surface area contributed by atoms with E-state index < -0.39 is 23.4 Å². The molecule has 0 bridgehead atoms. The first-order valence-electron chi connectivity index (χ1n) is 8.08. The molecule has 1 spiro atoms.